The summed E-state index contributed by atoms with van der Waals surface area (Å²) in [6.45, 7) is -0.183. The van der Waals surface area contributed by atoms with E-state index in [1.165, 1.54) is 25.3 Å². The number of amides is 1. The molecule has 47 heavy (non-hydrogen) atoms. The van der Waals surface area contributed by atoms with Gasteiger partial charge in [0, 0.05) is 56.9 Å². The third-order valence-corrected chi connectivity index (χ3v) is 7.28. The number of alkyl halides is 9. The summed E-state index contributed by atoms with van der Waals surface area (Å²) in [4.78, 5) is 27.3. The molecule has 2 aromatic carbocycles. The number of para-hydroxylation sites is 1. The lowest BCUT2D eigenvalue weighted by Gasteiger charge is -2.41. The fraction of sp³-hybridized carbons (Fsp3) is 0.533. The van der Waals surface area contributed by atoms with E-state index in [-0.39, 0.29) is 43.8 Å². The van der Waals surface area contributed by atoms with Gasteiger partial charge in [0.2, 0.25) is 0 Å². The van der Waals surface area contributed by atoms with Crippen LogP contribution in [0.5, 0.6) is 5.75 Å². The third kappa shape index (κ3) is 10.6. The SMILES string of the molecule is CCOC(=O)CCCN(Cc1ccc(OC)cc1)c1ccccc1C(N1CCN(C(=O)OC(C(F)(F)F)C(F)(F)F)CC1)C(F)(F)F. The van der Waals surface area contributed by atoms with E-state index in [9.17, 15) is 49.1 Å². The Kier molecular flexibility index (Phi) is 12.6. The summed E-state index contributed by atoms with van der Waals surface area (Å²) < 4.78 is 135. The minimum absolute atomic E-state index is 0.0133. The quantitative estimate of drug-likeness (QED) is 0.178. The van der Waals surface area contributed by atoms with Crippen molar-refractivity contribution in [2.24, 2.45) is 0 Å². The maximum absolute atomic E-state index is 14.8. The van der Waals surface area contributed by atoms with Crippen molar-refractivity contribution in [1.82, 2.24) is 9.80 Å². The van der Waals surface area contributed by atoms with E-state index in [1.54, 1.807) is 42.2 Å². The van der Waals surface area contributed by atoms with E-state index < -0.39 is 68.9 Å². The lowest BCUT2D eigenvalue weighted by Crippen LogP contribution is -2.54. The van der Waals surface area contributed by atoms with Gasteiger partial charge in [0.25, 0.3) is 6.10 Å². The van der Waals surface area contributed by atoms with Crippen molar-refractivity contribution in [1.29, 1.82) is 0 Å². The number of esters is 1. The molecule has 0 bridgehead atoms. The average Bonchev–Trinajstić information content (AvgIpc) is 2.98. The molecule has 262 valence electrons. The van der Waals surface area contributed by atoms with Crippen LogP contribution in [0.15, 0.2) is 48.5 Å². The molecule has 0 spiro atoms. The number of piperazine rings is 1. The van der Waals surface area contributed by atoms with Gasteiger partial charge in [0.15, 0.2) is 0 Å². The highest BCUT2D eigenvalue weighted by Crippen LogP contribution is 2.43. The minimum Gasteiger partial charge on any atom is -0.497 e. The first-order valence-electron chi connectivity index (χ1n) is 14.5. The van der Waals surface area contributed by atoms with Gasteiger partial charge in [-0.2, -0.15) is 39.5 Å². The molecular weight excluding hydrogens is 653 g/mol. The van der Waals surface area contributed by atoms with Crippen molar-refractivity contribution < 1.29 is 63.3 Å². The molecule has 0 saturated carbocycles. The molecule has 0 aliphatic carbocycles. The van der Waals surface area contributed by atoms with Gasteiger partial charge < -0.3 is 24.0 Å². The van der Waals surface area contributed by atoms with Crippen molar-refractivity contribution >= 4 is 17.7 Å². The van der Waals surface area contributed by atoms with Gasteiger partial charge >= 0.3 is 30.6 Å². The van der Waals surface area contributed by atoms with Crippen LogP contribution < -0.4 is 9.64 Å². The number of carbonyl (C=O) groups excluding carboxylic acids is 2. The molecule has 1 heterocycles. The largest absolute Gasteiger partial charge is 0.497 e. The van der Waals surface area contributed by atoms with E-state index in [2.05, 4.69) is 4.74 Å². The monoisotopic (exact) mass is 687 g/mol. The van der Waals surface area contributed by atoms with Gasteiger partial charge in [0.05, 0.1) is 13.7 Å². The first kappa shape index (κ1) is 37.6. The molecule has 1 unspecified atom stereocenters. The van der Waals surface area contributed by atoms with E-state index >= 15 is 0 Å². The number of ether oxygens (including phenoxy) is 3. The second-order valence-corrected chi connectivity index (χ2v) is 10.6. The van der Waals surface area contributed by atoms with Gasteiger partial charge in [0.1, 0.15) is 11.8 Å². The van der Waals surface area contributed by atoms with Crippen molar-refractivity contribution in [3.8, 4) is 5.75 Å². The number of rotatable bonds is 12. The summed E-state index contributed by atoms with van der Waals surface area (Å²) in [5.74, 6) is 0.0991. The highest BCUT2D eigenvalue weighted by molar-refractivity contribution is 5.69. The predicted octanol–water partition coefficient (Wildman–Crippen LogP) is 6.90. The molecule has 1 atom stereocenters. The van der Waals surface area contributed by atoms with Gasteiger partial charge in [-0.15, -0.1) is 0 Å². The molecule has 1 saturated heterocycles. The standard InChI is InChI=1S/C30H34F9N3O5/c1-3-46-24(43)9-6-14-42(19-20-10-12-21(45-2)13-11-20)23-8-5-4-7-22(23)25(28(31,32)33)40-15-17-41(18-16-40)27(44)47-26(29(34,35)36)30(37,38)39/h4-5,7-8,10-13,25-26H,3,6,9,14-19H2,1-2H3. The Morgan fingerprint density at radius 1 is 0.851 bits per heavy atom. The molecule has 0 N–H and O–H groups in total. The Morgan fingerprint density at radius 3 is 1.98 bits per heavy atom. The Hall–Kier alpha value is -3.89. The van der Waals surface area contributed by atoms with Gasteiger partial charge in [-0.1, -0.05) is 30.3 Å². The number of halogens is 9. The number of hydrogen-bond acceptors (Lipinski definition) is 7. The molecule has 0 aromatic heterocycles. The lowest BCUT2D eigenvalue weighted by atomic mass is 9.99. The number of hydrogen-bond donors (Lipinski definition) is 0. The zero-order valence-corrected chi connectivity index (χ0v) is 25.4. The first-order chi connectivity index (χ1) is 22.0. The normalized spacial score (nSPS) is 15.4. The van der Waals surface area contributed by atoms with E-state index in [0.29, 0.717) is 10.6 Å². The van der Waals surface area contributed by atoms with Crippen LogP contribution in [0, 0.1) is 0 Å². The Bertz CT molecular complexity index is 1300. The van der Waals surface area contributed by atoms with Gasteiger partial charge in [-0.25, -0.2) is 4.79 Å². The summed E-state index contributed by atoms with van der Waals surface area (Å²) in [6.07, 6.45) is -22.8. The zero-order valence-electron chi connectivity index (χ0n) is 25.4. The summed E-state index contributed by atoms with van der Waals surface area (Å²) in [7, 11) is 1.48. The van der Waals surface area contributed by atoms with Crippen molar-refractivity contribution in [2.45, 2.75) is 57.0 Å². The van der Waals surface area contributed by atoms with Crippen LogP contribution in [0.3, 0.4) is 0 Å². The molecular formula is C30H34F9N3O5. The summed E-state index contributed by atoms with van der Waals surface area (Å²) in [5, 5.41) is 0. The van der Waals surface area contributed by atoms with Crippen LogP contribution in [-0.2, 0) is 20.8 Å². The number of anilines is 1. The number of nitrogens with zero attached hydrogens (tertiary/aromatic N) is 3. The summed E-state index contributed by atoms with van der Waals surface area (Å²) in [6, 6.07) is 10.3. The van der Waals surface area contributed by atoms with Gasteiger partial charge in [-0.3, -0.25) is 9.69 Å². The van der Waals surface area contributed by atoms with E-state index in [0.717, 1.165) is 10.5 Å². The second-order valence-electron chi connectivity index (χ2n) is 10.6. The molecule has 2 aromatic rings. The van der Waals surface area contributed by atoms with Crippen LogP contribution in [0.4, 0.5) is 50.0 Å². The fourth-order valence-corrected chi connectivity index (χ4v) is 5.13. The Labute approximate surface area is 264 Å². The zero-order chi connectivity index (χ0) is 35.0. The minimum atomic E-state index is -5.94. The highest BCUT2D eigenvalue weighted by Gasteiger charge is 2.60. The topological polar surface area (TPSA) is 71.5 Å². The maximum atomic E-state index is 14.8. The van der Waals surface area contributed by atoms with Crippen molar-refractivity contribution in [3.05, 3.63) is 59.7 Å². The average molecular weight is 688 g/mol. The number of carbonyl (C=O) groups is 2. The molecule has 17 heteroatoms. The molecule has 8 nitrogen and oxygen atoms in total. The molecule has 1 aliphatic heterocycles. The Balaban J connectivity index is 1.87. The summed E-state index contributed by atoms with van der Waals surface area (Å²) in [5.41, 5.74) is 0.743. The number of methoxy groups -OCH3 is 1. The van der Waals surface area contributed by atoms with Crippen LogP contribution in [0.25, 0.3) is 0 Å². The maximum Gasteiger partial charge on any atom is 0.434 e. The molecule has 1 fully saturated rings. The fourth-order valence-electron chi connectivity index (χ4n) is 5.13. The molecule has 0 radical (unpaired) electrons. The smallest absolute Gasteiger partial charge is 0.434 e. The third-order valence-electron chi connectivity index (χ3n) is 7.28. The van der Waals surface area contributed by atoms with E-state index in [1.807, 2.05) is 0 Å². The predicted molar refractivity (Wildman–Crippen MR) is 151 cm³/mol. The number of benzene rings is 2. The molecule has 3 rings (SSSR count). The molecule has 1 amide bonds. The molecule has 1 aliphatic rings. The van der Waals surface area contributed by atoms with Crippen LogP contribution in [0.2, 0.25) is 0 Å². The van der Waals surface area contributed by atoms with Gasteiger partial charge in [-0.05, 0) is 37.1 Å². The van der Waals surface area contributed by atoms with Crippen LogP contribution in [0.1, 0.15) is 36.9 Å². The van der Waals surface area contributed by atoms with Crippen molar-refractivity contribution in [3.63, 3.8) is 0 Å². The second kappa shape index (κ2) is 15.8. The summed E-state index contributed by atoms with van der Waals surface area (Å²) >= 11 is 0. The highest BCUT2D eigenvalue weighted by atomic mass is 19.4. The first-order valence-corrected chi connectivity index (χ1v) is 14.5. The lowest BCUT2D eigenvalue weighted by molar-refractivity contribution is -0.308. The van der Waals surface area contributed by atoms with Crippen LogP contribution >= 0.6 is 0 Å². The van der Waals surface area contributed by atoms with Crippen molar-refractivity contribution in [2.75, 3.05) is 51.3 Å². The van der Waals surface area contributed by atoms with Crippen LogP contribution in [-0.4, -0.2) is 92.9 Å². The Morgan fingerprint density at radius 2 is 1.45 bits per heavy atom. The van der Waals surface area contributed by atoms with E-state index in [4.69, 9.17) is 9.47 Å².